The molecule has 8 nitrogen and oxygen atoms in total. The predicted octanol–water partition coefficient (Wildman–Crippen LogP) is 2.72. The number of benzene rings is 1. The van der Waals surface area contributed by atoms with E-state index in [4.69, 9.17) is 12.2 Å². The Balaban J connectivity index is 1.41. The van der Waals surface area contributed by atoms with Crippen molar-refractivity contribution in [3.63, 3.8) is 0 Å². The van der Waals surface area contributed by atoms with Crippen LogP contribution in [0.5, 0.6) is 0 Å². The first-order valence-electron chi connectivity index (χ1n) is 11.1. The molecule has 3 heterocycles. The molecule has 0 bridgehead atoms. The summed E-state index contributed by atoms with van der Waals surface area (Å²) in [7, 11) is -3.36. The predicted molar refractivity (Wildman–Crippen MR) is 124 cm³/mol. The lowest BCUT2D eigenvalue weighted by Crippen LogP contribution is -2.53. The maximum absolute atomic E-state index is 13.0. The SMILES string of the molecule is Cc1ccc(-n2c(C)nn(CN3CCN(S(=O)(=O)N4CCCCCC4)CC3)c2=S)cc1. The Bertz CT molecular complexity index is 1040. The highest BCUT2D eigenvalue weighted by Gasteiger charge is 2.32. The highest BCUT2D eigenvalue weighted by molar-refractivity contribution is 7.86. The number of rotatable bonds is 5. The van der Waals surface area contributed by atoms with Gasteiger partial charge in [0.05, 0.1) is 6.67 Å². The summed E-state index contributed by atoms with van der Waals surface area (Å²) in [5.41, 5.74) is 2.21. The zero-order chi connectivity index (χ0) is 22.0. The van der Waals surface area contributed by atoms with Gasteiger partial charge in [-0.25, -0.2) is 4.68 Å². The van der Waals surface area contributed by atoms with E-state index >= 15 is 0 Å². The molecule has 0 spiro atoms. The molecule has 0 amide bonds. The average Bonchev–Trinajstić information content (AvgIpc) is 2.94. The van der Waals surface area contributed by atoms with Crippen LogP contribution < -0.4 is 0 Å². The second kappa shape index (κ2) is 9.50. The minimum atomic E-state index is -3.36. The summed E-state index contributed by atoms with van der Waals surface area (Å²) in [5.74, 6) is 0.844. The van der Waals surface area contributed by atoms with Crippen LogP contribution in [0.15, 0.2) is 24.3 Å². The second-order valence-electron chi connectivity index (χ2n) is 8.48. The van der Waals surface area contributed by atoms with Gasteiger partial charge >= 0.3 is 0 Å². The van der Waals surface area contributed by atoms with Crippen LogP contribution in [0.25, 0.3) is 5.69 Å². The standard InChI is InChI=1S/C21H32N6O2S2/c1-18-7-9-20(10-8-18)27-19(2)22-26(21(27)30)17-23-13-15-25(16-14-23)31(28,29)24-11-5-3-4-6-12-24/h7-10H,3-6,11-17H2,1-2H3. The fourth-order valence-corrected chi connectivity index (χ4v) is 6.33. The van der Waals surface area contributed by atoms with Gasteiger partial charge < -0.3 is 0 Å². The van der Waals surface area contributed by atoms with Crippen molar-refractivity contribution in [3.8, 4) is 5.69 Å². The van der Waals surface area contributed by atoms with Crippen molar-refractivity contribution in [2.75, 3.05) is 39.3 Å². The molecule has 31 heavy (non-hydrogen) atoms. The van der Waals surface area contributed by atoms with E-state index in [-0.39, 0.29) is 0 Å². The molecule has 1 aromatic carbocycles. The lowest BCUT2D eigenvalue weighted by Gasteiger charge is -2.36. The largest absolute Gasteiger partial charge is 0.282 e. The molecular formula is C21H32N6O2S2. The molecule has 2 aliphatic heterocycles. The highest BCUT2D eigenvalue weighted by atomic mass is 32.2. The molecule has 2 aromatic rings. The third-order valence-electron chi connectivity index (χ3n) is 6.18. The van der Waals surface area contributed by atoms with Crippen LogP contribution in [0.2, 0.25) is 0 Å². The summed E-state index contributed by atoms with van der Waals surface area (Å²) in [6.45, 7) is 8.23. The van der Waals surface area contributed by atoms with E-state index in [9.17, 15) is 8.42 Å². The molecule has 0 N–H and O–H groups in total. The van der Waals surface area contributed by atoms with Gasteiger partial charge in [0.2, 0.25) is 4.77 Å². The molecule has 0 radical (unpaired) electrons. The van der Waals surface area contributed by atoms with Gasteiger partial charge in [-0.05, 0) is 51.0 Å². The molecule has 2 fully saturated rings. The minimum absolute atomic E-state index is 0.504. The van der Waals surface area contributed by atoms with Crippen molar-refractivity contribution in [1.29, 1.82) is 0 Å². The first-order chi connectivity index (χ1) is 14.9. The lowest BCUT2D eigenvalue weighted by molar-refractivity contribution is 0.140. The topological polar surface area (TPSA) is 66.6 Å². The summed E-state index contributed by atoms with van der Waals surface area (Å²) in [6, 6.07) is 8.24. The van der Waals surface area contributed by atoms with Gasteiger partial charge in [-0.15, -0.1) is 0 Å². The van der Waals surface area contributed by atoms with E-state index in [1.807, 2.05) is 16.2 Å². The van der Waals surface area contributed by atoms with Gasteiger partial charge in [0.15, 0.2) is 0 Å². The molecule has 4 rings (SSSR count). The van der Waals surface area contributed by atoms with Crippen LogP contribution in [0.4, 0.5) is 0 Å². The van der Waals surface area contributed by atoms with Crippen LogP contribution >= 0.6 is 12.2 Å². The Morgan fingerprint density at radius 2 is 1.45 bits per heavy atom. The van der Waals surface area contributed by atoms with Crippen molar-refractivity contribution in [1.82, 2.24) is 27.9 Å². The molecule has 170 valence electrons. The monoisotopic (exact) mass is 464 g/mol. The number of nitrogens with zero attached hydrogens (tertiary/aromatic N) is 6. The lowest BCUT2D eigenvalue weighted by atomic mass is 10.2. The fraction of sp³-hybridized carbons (Fsp3) is 0.619. The molecule has 2 aliphatic rings. The maximum Gasteiger partial charge on any atom is 0.282 e. The van der Waals surface area contributed by atoms with E-state index in [1.54, 1.807) is 8.61 Å². The van der Waals surface area contributed by atoms with Crippen LogP contribution in [-0.2, 0) is 16.9 Å². The van der Waals surface area contributed by atoms with E-state index in [2.05, 4.69) is 41.2 Å². The van der Waals surface area contributed by atoms with Gasteiger partial charge in [0.1, 0.15) is 5.82 Å². The summed E-state index contributed by atoms with van der Waals surface area (Å²) in [6.07, 6.45) is 4.16. The van der Waals surface area contributed by atoms with Crippen LogP contribution in [-0.4, -0.2) is 75.5 Å². The zero-order valence-electron chi connectivity index (χ0n) is 18.4. The smallest absolute Gasteiger partial charge is 0.282 e. The quantitative estimate of drug-likeness (QED) is 0.637. The van der Waals surface area contributed by atoms with Crippen molar-refractivity contribution >= 4 is 22.4 Å². The molecular weight excluding hydrogens is 432 g/mol. The van der Waals surface area contributed by atoms with E-state index < -0.39 is 10.2 Å². The molecule has 1 aromatic heterocycles. The number of hydrogen-bond donors (Lipinski definition) is 0. The summed E-state index contributed by atoms with van der Waals surface area (Å²) in [5, 5.41) is 4.65. The van der Waals surface area contributed by atoms with Gasteiger partial charge in [-0.2, -0.15) is 22.1 Å². The van der Waals surface area contributed by atoms with Gasteiger partial charge in [0.25, 0.3) is 10.2 Å². The Hall–Kier alpha value is -1.59. The van der Waals surface area contributed by atoms with Crippen molar-refractivity contribution in [3.05, 3.63) is 40.4 Å². The van der Waals surface area contributed by atoms with Crippen LogP contribution in [0.1, 0.15) is 37.1 Å². The molecule has 10 heteroatoms. The van der Waals surface area contributed by atoms with Crippen molar-refractivity contribution < 1.29 is 8.42 Å². The van der Waals surface area contributed by atoms with Gasteiger partial charge in [0, 0.05) is 45.0 Å². The first kappa shape index (κ1) is 22.6. The summed E-state index contributed by atoms with van der Waals surface area (Å²) < 4.78 is 33.9. The number of aromatic nitrogens is 3. The average molecular weight is 465 g/mol. The summed E-state index contributed by atoms with van der Waals surface area (Å²) >= 11 is 5.70. The van der Waals surface area contributed by atoms with Gasteiger partial charge in [-0.1, -0.05) is 30.5 Å². The second-order valence-corrected chi connectivity index (χ2v) is 10.8. The Morgan fingerprint density at radius 3 is 2.06 bits per heavy atom. The highest BCUT2D eigenvalue weighted by Crippen LogP contribution is 2.19. The van der Waals surface area contributed by atoms with Crippen molar-refractivity contribution in [2.45, 2.75) is 46.2 Å². The minimum Gasteiger partial charge on any atom is -0.282 e. The van der Waals surface area contributed by atoms with Crippen molar-refractivity contribution in [2.24, 2.45) is 0 Å². The molecule has 0 aliphatic carbocycles. The summed E-state index contributed by atoms with van der Waals surface area (Å²) in [4.78, 5) is 2.22. The Labute approximate surface area is 190 Å². The van der Waals surface area contributed by atoms with E-state index in [0.29, 0.717) is 50.7 Å². The van der Waals surface area contributed by atoms with E-state index in [0.717, 1.165) is 37.2 Å². The molecule has 0 unspecified atom stereocenters. The number of hydrogen-bond acceptors (Lipinski definition) is 5. The third kappa shape index (κ3) is 4.93. The Morgan fingerprint density at radius 1 is 0.871 bits per heavy atom. The Kier molecular flexibility index (Phi) is 6.92. The normalized spacial score (nSPS) is 20.1. The first-order valence-corrected chi connectivity index (χ1v) is 12.9. The van der Waals surface area contributed by atoms with Gasteiger partial charge in [-0.3, -0.25) is 9.47 Å². The third-order valence-corrected chi connectivity index (χ3v) is 8.60. The van der Waals surface area contributed by atoms with E-state index in [1.165, 1.54) is 5.56 Å². The molecule has 0 atom stereocenters. The van der Waals surface area contributed by atoms with Crippen LogP contribution in [0.3, 0.4) is 0 Å². The maximum atomic E-state index is 13.0. The zero-order valence-corrected chi connectivity index (χ0v) is 20.0. The molecule has 0 saturated carbocycles. The number of piperazine rings is 1. The van der Waals surface area contributed by atoms with Crippen LogP contribution in [0, 0.1) is 18.6 Å². The number of aryl methyl sites for hydroxylation is 2. The molecule has 2 saturated heterocycles. The fourth-order valence-electron chi connectivity index (χ4n) is 4.33.